The second-order valence-electron chi connectivity index (χ2n) is 7.68. The maximum absolute atomic E-state index is 13.0. The summed E-state index contributed by atoms with van der Waals surface area (Å²) in [6.45, 7) is 5.87. The van der Waals surface area contributed by atoms with E-state index in [0.717, 1.165) is 17.7 Å². The third-order valence-corrected chi connectivity index (χ3v) is 4.43. The van der Waals surface area contributed by atoms with Crippen LogP contribution in [0, 0.1) is 0 Å². The molecule has 0 spiro atoms. The number of alkyl halides is 6. The van der Waals surface area contributed by atoms with Crippen molar-refractivity contribution in [2.24, 2.45) is 0 Å². The molecule has 0 radical (unpaired) electrons. The van der Waals surface area contributed by atoms with Crippen LogP contribution in [0.2, 0.25) is 0 Å². The molecular formula is C21H20F6O. The van der Waals surface area contributed by atoms with Gasteiger partial charge in [-0.25, -0.2) is 0 Å². The Bertz CT molecular complexity index is 808. The number of benzene rings is 2. The first-order valence-corrected chi connectivity index (χ1v) is 8.57. The zero-order valence-corrected chi connectivity index (χ0v) is 15.6. The van der Waals surface area contributed by atoms with Gasteiger partial charge in [0.1, 0.15) is 0 Å². The maximum atomic E-state index is 13.0. The SMILES string of the molecule is CC(C)(C)c1ccc(C(=O)C(CC(F)(F)F)c2ccc(C(F)(F)F)cc2)cc1. The number of hydrogen-bond donors (Lipinski definition) is 0. The summed E-state index contributed by atoms with van der Waals surface area (Å²) in [5.41, 5.74) is -0.285. The highest BCUT2D eigenvalue weighted by Gasteiger charge is 2.37. The summed E-state index contributed by atoms with van der Waals surface area (Å²) in [7, 11) is 0. The molecule has 2 rings (SSSR count). The summed E-state index contributed by atoms with van der Waals surface area (Å²) < 4.78 is 77.2. The molecule has 0 amide bonds. The molecule has 0 saturated carbocycles. The van der Waals surface area contributed by atoms with Gasteiger partial charge in [-0.2, -0.15) is 26.3 Å². The first kappa shape index (κ1) is 22.0. The van der Waals surface area contributed by atoms with E-state index in [4.69, 9.17) is 0 Å². The number of rotatable bonds is 4. The van der Waals surface area contributed by atoms with E-state index >= 15 is 0 Å². The highest BCUT2D eigenvalue weighted by Crippen LogP contribution is 2.36. The lowest BCUT2D eigenvalue weighted by molar-refractivity contribution is -0.138. The Labute approximate surface area is 159 Å². The van der Waals surface area contributed by atoms with Gasteiger partial charge in [0.15, 0.2) is 5.78 Å². The summed E-state index contributed by atoms with van der Waals surface area (Å²) in [5.74, 6) is -2.39. The van der Waals surface area contributed by atoms with Crippen molar-refractivity contribution in [3.63, 3.8) is 0 Å². The van der Waals surface area contributed by atoms with Crippen molar-refractivity contribution in [1.82, 2.24) is 0 Å². The number of ketones is 1. The Balaban J connectivity index is 2.39. The number of Topliss-reactive ketones (excluding diaryl/α,β-unsaturated/α-hetero) is 1. The third kappa shape index (κ3) is 5.59. The summed E-state index contributed by atoms with van der Waals surface area (Å²) in [6.07, 6.45) is -10.7. The predicted octanol–water partition coefficient (Wildman–Crippen LogP) is 6.92. The maximum Gasteiger partial charge on any atom is 0.416 e. The highest BCUT2D eigenvalue weighted by molar-refractivity contribution is 6.01. The van der Waals surface area contributed by atoms with Crippen LogP contribution in [0.3, 0.4) is 0 Å². The molecule has 0 aliphatic carbocycles. The number of carbonyl (C=O) groups is 1. The molecule has 1 nitrogen and oxygen atoms in total. The van der Waals surface area contributed by atoms with E-state index in [1.54, 1.807) is 12.1 Å². The molecule has 0 fully saturated rings. The molecule has 0 N–H and O–H groups in total. The minimum absolute atomic E-state index is 0.0853. The van der Waals surface area contributed by atoms with E-state index in [2.05, 4.69) is 0 Å². The number of halogens is 6. The van der Waals surface area contributed by atoms with Gasteiger partial charge >= 0.3 is 12.4 Å². The van der Waals surface area contributed by atoms with E-state index < -0.39 is 36.0 Å². The molecule has 0 heterocycles. The van der Waals surface area contributed by atoms with E-state index in [-0.39, 0.29) is 16.5 Å². The van der Waals surface area contributed by atoms with Gasteiger partial charge in [-0.15, -0.1) is 0 Å². The van der Waals surface area contributed by atoms with Crippen LogP contribution in [-0.2, 0) is 11.6 Å². The van der Waals surface area contributed by atoms with Crippen molar-refractivity contribution >= 4 is 5.78 Å². The zero-order valence-electron chi connectivity index (χ0n) is 15.6. The summed E-state index contributed by atoms with van der Waals surface area (Å²) in [4.78, 5) is 12.7. The van der Waals surface area contributed by atoms with Crippen LogP contribution in [-0.4, -0.2) is 12.0 Å². The van der Waals surface area contributed by atoms with Crippen molar-refractivity contribution in [2.75, 3.05) is 0 Å². The van der Waals surface area contributed by atoms with Crippen molar-refractivity contribution in [3.05, 3.63) is 70.8 Å². The van der Waals surface area contributed by atoms with Crippen LogP contribution in [0.4, 0.5) is 26.3 Å². The highest BCUT2D eigenvalue weighted by atomic mass is 19.4. The van der Waals surface area contributed by atoms with E-state index in [9.17, 15) is 31.1 Å². The molecule has 7 heteroatoms. The molecule has 28 heavy (non-hydrogen) atoms. The van der Waals surface area contributed by atoms with Gasteiger partial charge in [0.2, 0.25) is 0 Å². The molecule has 0 saturated heterocycles. The van der Waals surface area contributed by atoms with Gasteiger partial charge in [-0.05, 0) is 28.7 Å². The van der Waals surface area contributed by atoms with Gasteiger partial charge in [-0.1, -0.05) is 57.2 Å². The Morgan fingerprint density at radius 2 is 1.25 bits per heavy atom. The second kappa shape index (κ2) is 7.60. The predicted molar refractivity (Wildman–Crippen MR) is 94.3 cm³/mol. The van der Waals surface area contributed by atoms with Crippen molar-refractivity contribution in [2.45, 2.75) is 50.9 Å². The third-order valence-electron chi connectivity index (χ3n) is 4.43. The van der Waals surface area contributed by atoms with Crippen LogP contribution in [0.15, 0.2) is 48.5 Å². The Hall–Kier alpha value is -2.31. The van der Waals surface area contributed by atoms with E-state index in [1.807, 2.05) is 20.8 Å². The molecule has 0 aliphatic heterocycles. The summed E-state index contributed by atoms with van der Waals surface area (Å²) >= 11 is 0. The lowest BCUT2D eigenvalue weighted by Gasteiger charge is -2.21. The quantitative estimate of drug-likeness (QED) is 0.401. The molecular weight excluding hydrogens is 382 g/mol. The minimum Gasteiger partial charge on any atom is -0.293 e. The van der Waals surface area contributed by atoms with Crippen molar-refractivity contribution < 1.29 is 31.1 Å². The molecule has 0 aromatic heterocycles. The first-order chi connectivity index (χ1) is 12.7. The minimum atomic E-state index is -4.64. The molecule has 0 aliphatic rings. The second-order valence-corrected chi connectivity index (χ2v) is 7.68. The summed E-state index contributed by atoms with van der Waals surface area (Å²) in [6, 6.07) is 9.49. The lowest BCUT2D eigenvalue weighted by Crippen LogP contribution is -2.21. The fraction of sp³-hybridized carbons (Fsp3) is 0.381. The van der Waals surface area contributed by atoms with Gasteiger partial charge in [-0.3, -0.25) is 4.79 Å². The average molecular weight is 402 g/mol. The monoisotopic (exact) mass is 402 g/mol. The topological polar surface area (TPSA) is 17.1 Å². The van der Waals surface area contributed by atoms with Crippen LogP contribution in [0.25, 0.3) is 0 Å². The number of hydrogen-bond acceptors (Lipinski definition) is 1. The van der Waals surface area contributed by atoms with Crippen molar-refractivity contribution in [1.29, 1.82) is 0 Å². The molecule has 2 aromatic carbocycles. The molecule has 2 aromatic rings. The lowest BCUT2D eigenvalue weighted by atomic mass is 9.84. The van der Waals surface area contributed by atoms with Crippen LogP contribution < -0.4 is 0 Å². The van der Waals surface area contributed by atoms with Crippen LogP contribution in [0.1, 0.15) is 60.2 Å². The largest absolute Gasteiger partial charge is 0.416 e. The summed E-state index contributed by atoms with van der Waals surface area (Å²) in [5, 5.41) is 0. The normalized spacial score (nSPS) is 14.0. The Morgan fingerprint density at radius 3 is 1.64 bits per heavy atom. The zero-order chi connectivity index (χ0) is 21.3. The average Bonchev–Trinajstić information content (AvgIpc) is 2.57. The number of carbonyl (C=O) groups excluding carboxylic acids is 1. The van der Waals surface area contributed by atoms with Crippen LogP contribution >= 0.6 is 0 Å². The Kier molecular flexibility index (Phi) is 5.97. The molecule has 0 bridgehead atoms. The fourth-order valence-corrected chi connectivity index (χ4v) is 2.83. The smallest absolute Gasteiger partial charge is 0.293 e. The van der Waals surface area contributed by atoms with Crippen LogP contribution in [0.5, 0.6) is 0 Å². The van der Waals surface area contributed by atoms with E-state index in [0.29, 0.717) is 12.1 Å². The molecule has 1 unspecified atom stereocenters. The van der Waals surface area contributed by atoms with Gasteiger partial charge in [0.05, 0.1) is 17.9 Å². The fourth-order valence-electron chi connectivity index (χ4n) is 2.83. The molecule has 152 valence electrons. The van der Waals surface area contributed by atoms with Gasteiger partial charge in [0, 0.05) is 5.56 Å². The first-order valence-electron chi connectivity index (χ1n) is 8.57. The van der Waals surface area contributed by atoms with E-state index in [1.165, 1.54) is 12.1 Å². The Morgan fingerprint density at radius 1 is 0.786 bits per heavy atom. The van der Waals surface area contributed by atoms with Gasteiger partial charge in [0.25, 0.3) is 0 Å². The standard InChI is InChI=1S/C21H20F6O/c1-19(2,3)15-8-6-14(7-9-15)18(28)17(12-20(22,23)24)13-4-10-16(11-5-13)21(25,26)27/h4-11,17H,12H2,1-3H3. The van der Waals surface area contributed by atoms with Crippen molar-refractivity contribution in [3.8, 4) is 0 Å². The van der Waals surface area contributed by atoms with Gasteiger partial charge < -0.3 is 0 Å². The molecule has 1 atom stereocenters.